The van der Waals surface area contributed by atoms with Crippen molar-refractivity contribution in [1.29, 1.82) is 0 Å². The van der Waals surface area contributed by atoms with Crippen LogP contribution in [0.15, 0.2) is 18.2 Å². The predicted molar refractivity (Wildman–Crippen MR) is 80.9 cm³/mol. The Hall–Kier alpha value is -1.35. The van der Waals surface area contributed by atoms with Crippen LogP contribution in [0.1, 0.15) is 60.0 Å². The van der Waals surface area contributed by atoms with Crippen molar-refractivity contribution < 1.29 is 9.90 Å². The highest BCUT2D eigenvalue weighted by Gasteiger charge is 2.28. The first-order chi connectivity index (χ1) is 9.52. The fraction of sp³-hybridized carbons (Fsp3) is 0.588. The van der Waals surface area contributed by atoms with E-state index in [1.165, 1.54) is 12.8 Å². The normalized spacial score (nSPS) is 18.4. The van der Waals surface area contributed by atoms with E-state index in [1.54, 1.807) is 0 Å². The summed E-state index contributed by atoms with van der Waals surface area (Å²) in [5.41, 5.74) is 2.12. The third kappa shape index (κ3) is 3.60. The predicted octanol–water partition coefficient (Wildman–Crippen LogP) is 3.12. The van der Waals surface area contributed by atoms with Crippen molar-refractivity contribution in [3.05, 3.63) is 34.9 Å². The number of hydrogen-bond acceptors (Lipinski definition) is 2. The van der Waals surface area contributed by atoms with Crippen molar-refractivity contribution in [2.75, 3.05) is 6.54 Å². The Kier molecular flexibility index (Phi) is 4.81. The lowest BCUT2D eigenvalue weighted by Crippen LogP contribution is -2.42. The Bertz CT molecular complexity index is 474. The molecular formula is C17H25NO2. The van der Waals surface area contributed by atoms with Gasteiger partial charge >= 0.3 is 0 Å². The molecule has 20 heavy (non-hydrogen) atoms. The maximum absolute atomic E-state index is 12.3. The molecule has 1 saturated carbocycles. The number of nitrogens with one attached hydrogen (secondary N) is 1. The van der Waals surface area contributed by atoms with Gasteiger partial charge in [-0.3, -0.25) is 4.79 Å². The molecule has 1 aliphatic rings. The molecule has 2 N–H and O–H groups in total. The van der Waals surface area contributed by atoms with Crippen LogP contribution in [0.5, 0.6) is 0 Å². The van der Waals surface area contributed by atoms with Crippen LogP contribution in [0.2, 0.25) is 0 Å². The molecule has 1 amide bonds. The van der Waals surface area contributed by atoms with E-state index in [0.717, 1.165) is 36.8 Å². The van der Waals surface area contributed by atoms with E-state index >= 15 is 0 Å². The minimum atomic E-state index is -0.718. The second-order valence-electron chi connectivity index (χ2n) is 6.07. The molecular weight excluding hydrogens is 250 g/mol. The third-order valence-electron chi connectivity index (χ3n) is 4.46. The molecule has 0 saturated heterocycles. The quantitative estimate of drug-likeness (QED) is 0.833. The highest BCUT2D eigenvalue weighted by atomic mass is 16.3. The Morgan fingerprint density at radius 1 is 1.20 bits per heavy atom. The second kappa shape index (κ2) is 6.40. The Labute approximate surface area is 121 Å². The number of rotatable bonds is 3. The summed E-state index contributed by atoms with van der Waals surface area (Å²) in [6.45, 7) is 4.33. The highest BCUT2D eigenvalue weighted by Crippen LogP contribution is 2.26. The molecule has 3 nitrogen and oxygen atoms in total. The molecule has 2 rings (SSSR count). The zero-order valence-corrected chi connectivity index (χ0v) is 12.5. The van der Waals surface area contributed by atoms with E-state index in [0.29, 0.717) is 12.1 Å². The van der Waals surface area contributed by atoms with Gasteiger partial charge in [0.1, 0.15) is 0 Å². The van der Waals surface area contributed by atoms with Gasteiger partial charge in [0.15, 0.2) is 0 Å². The van der Waals surface area contributed by atoms with Crippen LogP contribution in [0.25, 0.3) is 0 Å². The molecule has 110 valence electrons. The topological polar surface area (TPSA) is 49.3 Å². The summed E-state index contributed by atoms with van der Waals surface area (Å²) in [5, 5.41) is 13.5. The molecule has 1 fully saturated rings. The van der Waals surface area contributed by atoms with Gasteiger partial charge in [-0.1, -0.05) is 37.8 Å². The van der Waals surface area contributed by atoms with Crippen molar-refractivity contribution in [3.8, 4) is 0 Å². The standard InChI is InChI=1S/C17H25NO2/c1-13-8-7-9-15(14(13)2)16(19)18-12-17(20)10-5-3-4-6-11-17/h7-9,20H,3-6,10-12H2,1-2H3,(H,18,19). The fourth-order valence-electron chi connectivity index (χ4n) is 2.90. The number of benzene rings is 1. The van der Waals surface area contributed by atoms with Gasteiger partial charge in [0.05, 0.1) is 5.60 Å². The Morgan fingerprint density at radius 3 is 2.50 bits per heavy atom. The van der Waals surface area contributed by atoms with E-state index in [-0.39, 0.29) is 5.91 Å². The van der Waals surface area contributed by atoms with E-state index in [9.17, 15) is 9.90 Å². The average Bonchev–Trinajstić information content (AvgIpc) is 2.65. The van der Waals surface area contributed by atoms with E-state index < -0.39 is 5.60 Å². The van der Waals surface area contributed by atoms with Gasteiger partial charge < -0.3 is 10.4 Å². The maximum Gasteiger partial charge on any atom is 0.251 e. The Morgan fingerprint density at radius 2 is 1.85 bits per heavy atom. The summed E-state index contributed by atoms with van der Waals surface area (Å²) < 4.78 is 0. The molecule has 1 aromatic carbocycles. The molecule has 1 aromatic rings. The first kappa shape index (κ1) is 15.0. The largest absolute Gasteiger partial charge is 0.388 e. The minimum Gasteiger partial charge on any atom is -0.388 e. The highest BCUT2D eigenvalue weighted by molar-refractivity contribution is 5.95. The molecule has 0 radical (unpaired) electrons. The lowest BCUT2D eigenvalue weighted by molar-refractivity contribution is 0.0246. The molecule has 1 aliphatic carbocycles. The maximum atomic E-state index is 12.3. The Balaban J connectivity index is 1.99. The minimum absolute atomic E-state index is 0.0797. The lowest BCUT2D eigenvalue weighted by atomic mass is 9.94. The number of carbonyl (C=O) groups is 1. The van der Waals surface area contributed by atoms with Crippen molar-refractivity contribution in [2.45, 2.75) is 58.0 Å². The molecule has 0 spiro atoms. The van der Waals surface area contributed by atoms with Crippen LogP contribution in [0, 0.1) is 13.8 Å². The zero-order chi connectivity index (χ0) is 14.6. The van der Waals surface area contributed by atoms with Gasteiger partial charge in [0.25, 0.3) is 5.91 Å². The number of aryl methyl sites for hydroxylation is 1. The average molecular weight is 275 g/mol. The molecule has 3 heteroatoms. The molecule has 0 aromatic heterocycles. The molecule has 0 atom stereocenters. The SMILES string of the molecule is Cc1cccc(C(=O)NCC2(O)CCCCCC2)c1C. The summed E-state index contributed by atoms with van der Waals surface area (Å²) >= 11 is 0. The smallest absolute Gasteiger partial charge is 0.251 e. The summed E-state index contributed by atoms with van der Waals surface area (Å²) in [7, 11) is 0. The van der Waals surface area contributed by atoms with Gasteiger partial charge in [-0.25, -0.2) is 0 Å². The molecule has 0 unspecified atom stereocenters. The number of amides is 1. The van der Waals surface area contributed by atoms with Crippen molar-refractivity contribution in [2.24, 2.45) is 0 Å². The van der Waals surface area contributed by atoms with Crippen molar-refractivity contribution in [3.63, 3.8) is 0 Å². The first-order valence-electron chi connectivity index (χ1n) is 7.59. The van der Waals surface area contributed by atoms with E-state index in [4.69, 9.17) is 0 Å². The van der Waals surface area contributed by atoms with Gasteiger partial charge in [-0.15, -0.1) is 0 Å². The van der Waals surface area contributed by atoms with Gasteiger partial charge in [0, 0.05) is 12.1 Å². The van der Waals surface area contributed by atoms with Crippen LogP contribution < -0.4 is 5.32 Å². The van der Waals surface area contributed by atoms with Crippen LogP contribution in [-0.4, -0.2) is 23.2 Å². The van der Waals surface area contributed by atoms with Crippen LogP contribution in [-0.2, 0) is 0 Å². The molecule has 0 bridgehead atoms. The van der Waals surface area contributed by atoms with E-state index in [2.05, 4.69) is 5.32 Å². The van der Waals surface area contributed by atoms with E-state index in [1.807, 2.05) is 32.0 Å². The number of carbonyl (C=O) groups excluding carboxylic acids is 1. The van der Waals surface area contributed by atoms with Gasteiger partial charge in [-0.05, 0) is 43.9 Å². The summed E-state index contributed by atoms with van der Waals surface area (Å²) in [5.74, 6) is -0.0797. The van der Waals surface area contributed by atoms with Gasteiger partial charge in [0.2, 0.25) is 0 Å². The zero-order valence-electron chi connectivity index (χ0n) is 12.5. The number of hydrogen-bond donors (Lipinski definition) is 2. The van der Waals surface area contributed by atoms with Crippen molar-refractivity contribution in [1.82, 2.24) is 5.32 Å². The molecule has 0 aliphatic heterocycles. The fourth-order valence-corrected chi connectivity index (χ4v) is 2.90. The van der Waals surface area contributed by atoms with Crippen LogP contribution >= 0.6 is 0 Å². The third-order valence-corrected chi connectivity index (χ3v) is 4.46. The van der Waals surface area contributed by atoms with Crippen LogP contribution in [0.3, 0.4) is 0 Å². The summed E-state index contributed by atoms with van der Waals surface area (Å²) in [6.07, 6.45) is 6.06. The van der Waals surface area contributed by atoms with Gasteiger partial charge in [-0.2, -0.15) is 0 Å². The molecule has 0 heterocycles. The lowest BCUT2D eigenvalue weighted by Gasteiger charge is -2.27. The van der Waals surface area contributed by atoms with Crippen LogP contribution in [0.4, 0.5) is 0 Å². The van der Waals surface area contributed by atoms with Crippen molar-refractivity contribution >= 4 is 5.91 Å². The first-order valence-corrected chi connectivity index (χ1v) is 7.59. The number of aliphatic hydroxyl groups is 1. The summed E-state index contributed by atoms with van der Waals surface area (Å²) in [4.78, 5) is 12.3. The monoisotopic (exact) mass is 275 g/mol. The summed E-state index contributed by atoms with van der Waals surface area (Å²) in [6, 6.07) is 5.75. The second-order valence-corrected chi connectivity index (χ2v) is 6.07.